The lowest BCUT2D eigenvalue weighted by Crippen LogP contribution is -2.12. The zero-order chi connectivity index (χ0) is 6.53. The summed E-state index contributed by atoms with van der Waals surface area (Å²) in [5.74, 6) is 0. The molecule has 1 rings (SSSR count). The van der Waals surface area contributed by atoms with Crippen molar-refractivity contribution in [1.82, 2.24) is 5.32 Å². The van der Waals surface area contributed by atoms with Crippen molar-refractivity contribution in [1.29, 1.82) is 0 Å². The smallest absolute Gasteiger partial charge is 0.148 e. The fraction of sp³-hybridized carbons (Fsp3) is 0.857. The van der Waals surface area contributed by atoms with Gasteiger partial charge in [-0.25, -0.2) is 0 Å². The SMILES string of the molecule is CCCCC1CN[CH]O1. The van der Waals surface area contributed by atoms with Gasteiger partial charge in [0.15, 0.2) is 0 Å². The Kier molecular flexibility index (Phi) is 3.01. The first-order valence-corrected chi connectivity index (χ1v) is 3.64. The first-order chi connectivity index (χ1) is 4.43. The highest BCUT2D eigenvalue weighted by Crippen LogP contribution is 2.08. The molecule has 0 amide bonds. The van der Waals surface area contributed by atoms with Crippen LogP contribution in [0.2, 0.25) is 0 Å². The van der Waals surface area contributed by atoms with Gasteiger partial charge >= 0.3 is 0 Å². The van der Waals surface area contributed by atoms with Crippen molar-refractivity contribution in [3.05, 3.63) is 6.73 Å². The first kappa shape index (κ1) is 7.03. The third-order valence-electron chi connectivity index (χ3n) is 1.57. The third-order valence-corrected chi connectivity index (χ3v) is 1.57. The molecule has 1 heterocycles. The summed E-state index contributed by atoms with van der Waals surface area (Å²) in [6.07, 6.45) is 4.19. The van der Waals surface area contributed by atoms with Crippen molar-refractivity contribution in [2.75, 3.05) is 6.54 Å². The first-order valence-electron chi connectivity index (χ1n) is 3.64. The van der Waals surface area contributed by atoms with Crippen LogP contribution in [0.25, 0.3) is 0 Å². The molecule has 0 aliphatic carbocycles. The lowest BCUT2D eigenvalue weighted by molar-refractivity contribution is 0.149. The molecule has 1 aliphatic rings. The van der Waals surface area contributed by atoms with Gasteiger partial charge in [-0.2, -0.15) is 0 Å². The van der Waals surface area contributed by atoms with Gasteiger partial charge in [0.2, 0.25) is 0 Å². The van der Waals surface area contributed by atoms with Gasteiger partial charge in [-0.05, 0) is 6.42 Å². The van der Waals surface area contributed by atoms with Crippen molar-refractivity contribution in [2.24, 2.45) is 0 Å². The fourth-order valence-electron chi connectivity index (χ4n) is 0.974. The quantitative estimate of drug-likeness (QED) is 0.618. The summed E-state index contributed by atoms with van der Waals surface area (Å²) in [7, 11) is 0. The van der Waals surface area contributed by atoms with E-state index >= 15 is 0 Å². The van der Waals surface area contributed by atoms with E-state index in [-0.39, 0.29) is 0 Å². The molecule has 0 spiro atoms. The summed E-state index contributed by atoms with van der Waals surface area (Å²) in [6.45, 7) is 4.90. The molecular weight excluding hydrogens is 114 g/mol. The second-order valence-corrected chi connectivity index (χ2v) is 2.43. The molecule has 1 N–H and O–H groups in total. The van der Waals surface area contributed by atoms with Crippen LogP contribution in [0.1, 0.15) is 26.2 Å². The number of nitrogens with one attached hydrogen (secondary N) is 1. The second kappa shape index (κ2) is 3.85. The minimum Gasteiger partial charge on any atom is -0.355 e. The number of rotatable bonds is 3. The van der Waals surface area contributed by atoms with Gasteiger partial charge < -0.3 is 4.74 Å². The van der Waals surface area contributed by atoms with Crippen molar-refractivity contribution >= 4 is 0 Å². The molecule has 1 unspecified atom stereocenters. The molecular formula is C7H14NO. The Balaban J connectivity index is 1.98. The highest BCUT2D eigenvalue weighted by atomic mass is 16.5. The van der Waals surface area contributed by atoms with Crippen LogP contribution in [0, 0.1) is 6.73 Å². The zero-order valence-corrected chi connectivity index (χ0v) is 5.89. The van der Waals surface area contributed by atoms with Gasteiger partial charge in [0.25, 0.3) is 0 Å². The number of hydrogen-bond acceptors (Lipinski definition) is 2. The Labute approximate surface area is 56.6 Å². The molecule has 1 fully saturated rings. The maximum absolute atomic E-state index is 5.22. The normalized spacial score (nSPS) is 27.0. The Morgan fingerprint density at radius 3 is 3.22 bits per heavy atom. The minimum absolute atomic E-state index is 0.449. The summed E-state index contributed by atoms with van der Waals surface area (Å²) >= 11 is 0. The molecule has 0 aromatic heterocycles. The van der Waals surface area contributed by atoms with Gasteiger partial charge in [0.05, 0.1) is 6.10 Å². The van der Waals surface area contributed by atoms with Crippen LogP contribution >= 0.6 is 0 Å². The van der Waals surface area contributed by atoms with Gasteiger partial charge in [0, 0.05) is 6.54 Å². The minimum atomic E-state index is 0.449. The van der Waals surface area contributed by atoms with E-state index in [1.54, 1.807) is 6.73 Å². The van der Waals surface area contributed by atoms with E-state index < -0.39 is 0 Å². The molecule has 1 atom stereocenters. The Morgan fingerprint density at radius 1 is 1.78 bits per heavy atom. The summed E-state index contributed by atoms with van der Waals surface area (Å²) in [5, 5.41) is 3.03. The van der Waals surface area contributed by atoms with Gasteiger partial charge in [-0.1, -0.05) is 19.8 Å². The average molecular weight is 128 g/mol. The van der Waals surface area contributed by atoms with Crippen molar-refractivity contribution in [3.63, 3.8) is 0 Å². The van der Waals surface area contributed by atoms with E-state index in [4.69, 9.17) is 4.74 Å². The Hall–Kier alpha value is -0.0800. The molecule has 1 saturated heterocycles. The lowest BCUT2D eigenvalue weighted by Gasteiger charge is -2.04. The molecule has 1 aliphatic heterocycles. The van der Waals surface area contributed by atoms with Crippen molar-refractivity contribution in [3.8, 4) is 0 Å². The van der Waals surface area contributed by atoms with E-state index in [9.17, 15) is 0 Å². The van der Waals surface area contributed by atoms with Crippen LogP contribution in [0.5, 0.6) is 0 Å². The molecule has 53 valence electrons. The van der Waals surface area contributed by atoms with Gasteiger partial charge in [-0.15, -0.1) is 0 Å². The van der Waals surface area contributed by atoms with Crippen LogP contribution in [-0.2, 0) is 4.74 Å². The van der Waals surface area contributed by atoms with Crippen LogP contribution in [0.3, 0.4) is 0 Å². The van der Waals surface area contributed by atoms with Gasteiger partial charge in [0.1, 0.15) is 6.73 Å². The summed E-state index contributed by atoms with van der Waals surface area (Å²) in [5.41, 5.74) is 0. The summed E-state index contributed by atoms with van der Waals surface area (Å²) < 4.78 is 5.22. The highest BCUT2D eigenvalue weighted by Gasteiger charge is 2.13. The maximum atomic E-state index is 5.22. The molecule has 0 aromatic rings. The Morgan fingerprint density at radius 2 is 2.67 bits per heavy atom. The number of ether oxygens (including phenoxy) is 1. The van der Waals surface area contributed by atoms with E-state index in [0.717, 1.165) is 6.54 Å². The average Bonchev–Trinajstić information content (AvgIpc) is 2.34. The largest absolute Gasteiger partial charge is 0.355 e. The third kappa shape index (κ3) is 2.33. The predicted octanol–water partition coefficient (Wildman–Crippen LogP) is 1.28. The lowest BCUT2D eigenvalue weighted by atomic mass is 10.2. The molecule has 0 saturated carbocycles. The molecule has 0 aromatic carbocycles. The highest BCUT2D eigenvalue weighted by molar-refractivity contribution is 4.70. The van der Waals surface area contributed by atoms with Crippen LogP contribution in [-0.4, -0.2) is 12.6 Å². The van der Waals surface area contributed by atoms with E-state index in [0.29, 0.717) is 6.10 Å². The number of unbranched alkanes of at least 4 members (excludes halogenated alkanes) is 1. The second-order valence-electron chi connectivity index (χ2n) is 2.43. The molecule has 2 heteroatoms. The van der Waals surface area contributed by atoms with Crippen LogP contribution in [0.15, 0.2) is 0 Å². The van der Waals surface area contributed by atoms with E-state index in [2.05, 4.69) is 12.2 Å². The van der Waals surface area contributed by atoms with E-state index in [1.165, 1.54) is 19.3 Å². The fourth-order valence-corrected chi connectivity index (χ4v) is 0.974. The molecule has 9 heavy (non-hydrogen) atoms. The zero-order valence-electron chi connectivity index (χ0n) is 5.89. The topological polar surface area (TPSA) is 21.3 Å². The summed E-state index contributed by atoms with van der Waals surface area (Å²) in [6, 6.07) is 0. The van der Waals surface area contributed by atoms with Gasteiger partial charge in [-0.3, -0.25) is 5.32 Å². The number of hydrogen-bond donors (Lipinski definition) is 1. The van der Waals surface area contributed by atoms with Crippen LogP contribution < -0.4 is 5.32 Å². The monoisotopic (exact) mass is 128 g/mol. The van der Waals surface area contributed by atoms with E-state index in [1.807, 2.05) is 0 Å². The van der Waals surface area contributed by atoms with Crippen molar-refractivity contribution < 1.29 is 4.74 Å². The molecule has 0 bridgehead atoms. The Bertz CT molecular complexity index is 69.3. The molecule has 1 radical (unpaired) electrons. The van der Waals surface area contributed by atoms with Crippen LogP contribution in [0.4, 0.5) is 0 Å². The molecule has 2 nitrogen and oxygen atoms in total. The predicted molar refractivity (Wildman–Crippen MR) is 36.7 cm³/mol. The maximum Gasteiger partial charge on any atom is 0.148 e. The van der Waals surface area contributed by atoms with Crippen molar-refractivity contribution in [2.45, 2.75) is 32.3 Å². The summed E-state index contributed by atoms with van der Waals surface area (Å²) in [4.78, 5) is 0. The standard InChI is InChI=1S/C7H14NO/c1-2-3-4-7-5-8-6-9-7/h6-8H,2-5H2,1H3.